The van der Waals surface area contributed by atoms with Crippen LogP contribution in [0.2, 0.25) is 0 Å². The lowest BCUT2D eigenvalue weighted by Gasteiger charge is -2.19. The molecule has 1 N–H and O–H groups in total. The number of aromatic nitrogens is 2. The minimum Gasteiger partial charge on any atom is -0.481 e. The summed E-state index contributed by atoms with van der Waals surface area (Å²) in [6, 6.07) is 14.2. The van der Waals surface area contributed by atoms with E-state index in [0.29, 0.717) is 17.6 Å². The van der Waals surface area contributed by atoms with E-state index >= 15 is 0 Å². The van der Waals surface area contributed by atoms with Gasteiger partial charge >= 0.3 is 0 Å². The van der Waals surface area contributed by atoms with E-state index in [0.717, 1.165) is 22.4 Å². The Morgan fingerprint density at radius 3 is 2.41 bits per heavy atom. The van der Waals surface area contributed by atoms with Gasteiger partial charge in [0, 0.05) is 5.56 Å². The van der Waals surface area contributed by atoms with E-state index in [-0.39, 0.29) is 17.9 Å². The standard InChI is InChI=1S/C26H33N3O3/c1-16(2)21-13-8-17(3)14-22(21)31-18(4)25(30)27-15-23-28-24(29-32-23)19-9-11-20(12-10-19)26(5,6)7/h8-14,16,18H,15H2,1-7H3,(H,27,30)/t18-/m1/s1. The number of aryl methyl sites for hydroxylation is 1. The van der Waals surface area contributed by atoms with E-state index in [9.17, 15) is 4.79 Å². The Kier molecular flexibility index (Phi) is 7.02. The molecule has 32 heavy (non-hydrogen) atoms. The lowest BCUT2D eigenvalue weighted by molar-refractivity contribution is -0.127. The number of hydrogen-bond donors (Lipinski definition) is 1. The molecule has 0 unspecified atom stereocenters. The van der Waals surface area contributed by atoms with E-state index in [4.69, 9.17) is 9.26 Å². The maximum Gasteiger partial charge on any atom is 0.261 e. The summed E-state index contributed by atoms with van der Waals surface area (Å²) in [6.45, 7) is 14.6. The van der Waals surface area contributed by atoms with E-state index < -0.39 is 6.10 Å². The van der Waals surface area contributed by atoms with Crippen LogP contribution in [0.1, 0.15) is 70.0 Å². The normalized spacial score (nSPS) is 12.6. The molecule has 1 heterocycles. The van der Waals surface area contributed by atoms with Gasteiger partial charge in [-0.05, 0) is 47.9 Å². The highest BCUT2D eigenvalue weighted by molar-refractivity contribution is 5.80. The molecule has 0 aliphatic carbocycles. The molecule has 170 valence electrons. The van der Waals surface area contributed by atoms with E-state index in [1.54, 1.807) is 6.92 Å². The van der Waals surface area contributed by atoms with Crippen LogP contribution < -0.4 is 10.1 Å². The Labute approximate surface area is 190 Å². The molecule has 6 nitrogen and oxygen atoms in total. The number of benzene rings is 2. The van der Waals surface area contributed by atoms with Crippen LogP contribution in [0, 0.1) is 6.92 Å². The fourth-order valence-electron chi connectivity index (χ4n) is 3.33. The topological polar surface area (TPSA) is 77.2 Å². The van der Waals surface area contributed by atoms with Crippen molar-refractivity contribution in [1.82, 2.24) is 15.5 Å². The van der Waals surface area contributed by atoms with Crippen molar-refractivity contribution in [3.63, 3.8) is 0 Å². The molecule has 0 aliphatic rings. The number of carbonyl (C=O) groups is 1. The summed E-state index contributed by atoms with van der Waals surface area (Å²) < 4.78 is 11.3. The largest absolute Gasteiger partial charge is 0.481 e. The number of rotatable bonds is 7. The summed E-state index contributed by atoms with van der Waals surface area (Å²) in [7, 11) is 0. The van der Waals surface area contributed by atoms with Crippen LogP contribution in [-0.2, 0) is 16.8 Å². The van der Waals surface area contributed by atoms with Gasteiger partial charge in [-0.3, -0.25) is 4.79 Å². The Hall–Kier alpha value is -3.15. The summed E-state index contributed by atoms with van der Waals surface area (Å²) in [6.07, 6.45) is -0.651. The zero-order valence-electron chi connectivity index (χ0n) is 20.0. The molecule has 0 spiro atoms. The van der Waals surface area contributed by atoms with E-state index in [2.05, 4.69) is 68.3 Å². The molecule has 1 atom stereocenters. The quantitative estimate of drug-likeness (QED) is 0.526. The predicted molar refractivity (Wildman–Crippen MR) is 126 cm³/mol. The Balaban J connectivity index is 1.60. The highest BCUT2D eigenvalue weighted by Gasteiger charge is 2.19. The molecule has 2 aromatic carbocycles. The van der Waals surface area contributed by atoms with Gasteiger partial charge < -0.3 is 14.6 Å². The van der Waals surface area contributed by atoms with Gasteiger partial charge in [-0.15, -0.1) is 0 Å². The van der Waals surface area contributed by atoms with E-state index in [1.807, 2.05) is 31.2 Å². The molecular formula is C26H33N3O3. The zero-order valence-corrected chi connectivity index (χ0v) is 20.0. The number of amides is 1. The van der Waals surface area contributed by atoms with Gasteiger partial charge in [-0.1, -0.05) is 76.2 Å². The third kappa shape index (κ3) is 5.75. The van der Waals surface area contributed by atoms with Crippen LogP contribution in [-0.4, -0.2) is 22.2 Å². The maximum atomic E-state index is 12.6. The molecule has 6 heteroatoms. The van der Waals surface area contributed by atoms with Gasteiger partial charge in [0.15, 0.2) is 6.10 Å². The van der Waals surface area contributed by atoms with Crippen LogP contribution in [0.5, 0.6) is 5.75 Å². The van der Waals surface area contributed by atoms with Crippen molar-refractivity contribution in [2.45, 2.75) is 72.4 Å². The van der Waals surface area contributed by atoms with E-state index in [1.165, 1.54) is 5.56 Å². The summed E-state index contributed by atoms with van der Waals surface area (Å²) in [5.74, 6) is 1.64. The first-order chi connectivity index (χ1) is 15.0. The number of ether oxygens (including phenoxy) is 1. The zero-order chi connectivity index (χ0) is 23.5. The van der Waals surface area contributed by atoms with Crippen LogP contribution >= 0.6 is 0 Å². The van der Waals surface area contributed by atoms with Crippen LogP contribution in [0.25, 0.3) is 11.4 Å². The molecule has 0 aliphatic heterocycles. The molecule has 0 fully saturated rings. The second-order valence-corrected chi connectivity index (χ2v) is 9.51. The van der Waals surface area contributed by atoms with Gasteiger partial charge in [-0.2, -0.15) is 4.98 Å². The fourth-order valence-corrected chi connectivity index (χ4v) is 3.33. The Bertz CT molecular complexity index is 1060. The predicted octanol–water partition coefficient (Wildman–Crippen LogP) is 5.55. The molecule has 3 aromatic rings. The van der Waals surface area contributed by atoms with Gasteiger partial charge in [-0.25, -0.2) is 0 Å². The van der Waals surface area contributed by atoms with Crippen molar-refractivity contribution in [2.24, 2.45) is 0 Å². The monoisotopic (exact) mass is 435 g/mol. The maximum absolute atomic E-state index is 12.6. The summed E-state index contributed by atoms with van der Waals surface area (Å²) in [4.78, 5) is 17.0. The van der Waals surface area contributed by atoms with Crippen molar-refractivity contribution < 1.29 is 14.1 Å². The number of carbonyl (C=O) groups excluding carboxylic acids is 1. The first-order valence-electron chi connectivity index (χ1n) is 11.0. The second-order valence-electron chi connectivity index (χ2n) is 9.51. The average Bonchev–Trinajstić information content (AvgIpc) is 3.20. The lowest BCUT2D eigenvalue weighted by atomic mass is 9.87. The molecule has 0 saturated carbocycles. The molecule has 0 saturated heterocycles. The van der Waals surface area contributed by atoms with Gasteiger partial charge in [0.1, 0.15) is 5.75 Å². The molecule has 0 radical (unpaired) electrons. The highest BCUT2D eigenvalue weighted by Crippen LogP contribution is 2.28. The van der Waals surface area contributed by atoms with Crippen LogP contribution in [0.4, 0.5) is 0 Å². The van der Waals surface area contributed by atoms with Crippen molar-refractivity contribution in [1.29, 1.82) is 0 Å². The summed E-state index contributed by atoms with van der Waals surface area (Å²) in [5, 5.41) is 6.86. The van der Waals surface area contributed by atoms with Gasteiger partial charge in [0.2, 0.25) is 11.7 Å². The van der Waals surface area contributed by atoms with Crippen molar-refractivity contribution in [3.8, 4) is 17.1 Å². The molecule has 0 bridgehead atoms. The number of hydrogen-bond acceptors (Lipinski definition) is 5. The lowest BCUT2D eigenvalue weighted by Crippen LogP contribution is -2.36. The average molecular weight is 436 g/mol. The second kappa shape index (κ2) is 9.55. The third-order valence-corrected chi connectivity index (χ3v) is 5.36. The van der Waals surface area contributed by atoms with Crippen molar-refractivity contribution in [3.05, 3.63) is 65.0 Å². The molecular weight excluding hydrogens is 402 g/mol. The summed E-state index contributed by atoms with van der Waals surface area (Å²) >= 11 is 0. The minimum atomic E-state index is -0.651. The Morgan fingerprint density at radius 2 is 1.78 bits per heavy atom. The van der Waals surface area contributed by atoms with Crippen molar-refractivity contribution >= 4 is 5.91 Å². The fraction of sp³-hybridized carbons (Fsp3) is 0.423. The first-order valence-corrected chi connectivity index (χ1v) is 11.0. The molecule has 3 rings (SSSR count). The van der Waals surface area contributed by atoms with Crippen LogP contribution in [0.15, 0.2) is 47.0 Å². The first kappa shape index (κ1) is 23.5. The molecule has 1 amide bonds. The van der Waals surface area contributed by atoms with Gasteiger partial charge in [0.25, 0.3) is 5.91 Å². The third-order valence-electron chi connectivity index (χ3n) is 5.36. The van der Waals surface area contributed by atoms with Gasteiger partial charge in [0.05, 0.1) is 6.54 Å². The highest BCUT2D eigenvalue weighted by atomic mass is 16.5. The minimum absolute atomic E-state index is 0.0817. The number of nitrogens with one attached hydrogen (secondary N) is 1. The number of nitrogens with zero attached hydrogens (tertiary/aromatic N) is 2. The van der Waals surface area contributed by atoms with Crippen LogP contribution in [0.3, 0.4) is 0 Å². The Morgan fingerprint density at radius 1 is 1.09 bits per heavy atom. The smallest absolute Gasteiger partial charge is 0.261 e. The SMILES string of the molecule is Cc1ccc(C(C)C)c(O[C@H](C)C(=O)NCc2nc(-c3ccc(C(C)(C)C)cc3)no2)c1. The molecule has 1 aromatic heterocycles. The summed E-state index contributed by atoms with van der Waals surface area (Å²) in [5.41, 5.74) is 4.36. The van der Waals surface area contributed by atoms with Crippen molar-refractivity contribution in [2.75, 3.05) is 0 Å².